The highest BCUT2D eigenvalue weighted by Gasteiger charge is 2.24. The van der Waals surface area contributed by atoms with E-state index in [1.807, 2.05) is 41.8 Å². The van der Waals surface area contributed by atoms with E-state index in [1.165, 1.54) is 25.0 Å². The molecule has 0 spiro atoms. The Balaban J connectivity index is 1.66. The van der Waals surface area contributed by atoms with Gasteiger partial charge in [-0.2, -0.15) is 0 Å². The molecule has 4 rings (SSSR count). The summed E-state index contributed by atoms with van der Waals surface area (Å²) in [6.45, 7) is 1.50. The van der Waals surface area contributed by atoms with Crippen LogP contribution in [0.2, 0.25) is 0 Å². The van der Waals surface area contributed by atoms with Crippen LogP contribution in [-0.2, 0) is 4.79 Å². The van der Waals surface area contributed by atoms with Crippen LogP contribution in [0.3, 0.4) is 0 Å². The van der Waals surface area contributed by atoms with Crippen LogP contribution in [-0.4, -0.2) is 21.7 Å². The standard InChI is InChI=1S/C22H17N3O2S2/c1-14(26)16-8-5-9-17(12-16)25-20(27)19(15-6-3-2-4-7-15)29-22-18-10-11-28-21(18)23-13-24-22/h2-13,19H,1H3,(H,25,27)/t19-/m1/s1. The van der Waals surface area contributed by atoms with E-state index in [-0.39, 0.29) is 11.7 Å². The summed E-state index contributed by atoms with van der Waals surface area (Å²) in [6.07, 6.45) is 1.53. The van der Waals surface area contributed by atoms with Crippen LogP contribution >= 0.6 is 23.1 Å². The Morgan fingerprint density at radius 3 is 2.66 bits per heavy atom. The highest BCUT2D eigenvalue weighted by molar-refractivity contribution is 8.00. The molecule has 0 fully saturated rings. The predicted octanol–water partition coefficient (Wildman–Crippen LogP) is 5.37. The van der Waals surface area contributed by atoms with Gasteiger partial charge in [0.2, 0.25) is 5.91 Å². The molecular weight excluding hydrogens is 402 g/mol. The van der Waals surface area contributed by atoms with Gasteiger partial charge in [-0.1, -0.05) is 54.2 Å². The van der Waals surface area contributed by atoms with Crippen LogP contribution in [0.15, 0.2) is 77.4 Å². The number of benzene rings is 2. The van der Waals surface area contributed by atoms with E-state index in [2.05, 4.69) is 15.3 Å². The molecule has 0 saturated heterocycles. The molecule has 0 aliphatic carbocycles. The van der Waals surface area contributed by atoms with Crippen molar-refractivity contribution in [3.8, 4) is 0 Å². The topological polar surface area (TPSA) is 72.0 Å². The fourth-order valence-corrected chi connectivity index (χ4v) is 4.78. The number of fused-ring (bicyclic) bond motifs is 1. The Hall–Kier alpha value is -3.03. The first kappa shape index (κ1) is 19.3. The summed E-state index contributed by atoms with van der Waals surface area (Å²) in [5.41, 5.74) is 2.02. The van der Waals surface area contributed by atoms with Crippen molar-refractivity contribution in [1.82, 2.24) is 9.97 Å². The lowest BCUT2D eigenvalue weighted by Crippen LogP contribution is -2.19. The minimum absolute atomic E-state index is 0.0454. The molecule has 0 unspecified atom stereocenters. The summed E-state index contributed by atoms with van der Waals surface area (Å²) in [7, 11) is 0. The Labute approximate surface area is 176 Å². The van der Waals surface area contributed by atoms with Crippen molar-refractivity contribution in [2.75, 3.05) is 5.32 Å². The summed E-state index contributed by atoms with van der Waals surface area (Å²) >= 11 is 2.93. The first-order valence-electron chi connectivity index (χ1n) is 8.93. The van der Waals surface area contributed by atoms with Crippen molar-refractivity contribution >= 4 is 50.7 Å². The molecular formula is C22H17N3O2S2. The van der Waals surface area contributed by atoms with Gasteiger partial charge in [0.15, 0.2) is 5.78 Å². The van der Waals surface area contributed by atoms with E-state index in [0.29, 0.717) is 11.3 Å². The maximum atomic E-state index is 13.2. The number of hydrogen-bond donors (Lipinski definition) is 1. The number of ketones is 1. The van der Waals surface area contributed by atoms with Crippen molar-refractivity contribution < 1.29 is 9.59 Å². The van der Waals surface area contributed by atoms with Gasteiger partial charge in [0.25, 0.3) is 0 Å². The van der Waals surface area contributed by atoms with Crippen molar-refractivity contribution in [3.05, 3.63) is 83.5 Å². The van der Waals surface area contributed by atoms with Gasteiger partial charge in [0, 0.05) is 16.6 Å². The number of thiophene rings is 1. The van der Waals surface area contributed by atoms with Crippen LogP contribution in [0.4, 0.5) is 5.69 Å². The maximum Gasteiger partial charge on any atom is 0.242 e. The monoisotopic (exact) mass is 419 g/mol. The molecule has 0 bridgehead atoms. The van der Waals surface area contributed by atoms with Gasteiger partial charge < -0.3 is 5.32 Å². The molecule has 2 aromatic carbocycles. The molecule has 0 aliphatic heterocycles. The van der Waals surface area contributed by atoms with Gasteiger partial charge in [0.05, 0.1) is 0 Å². The molecule has 0 aliphatic rings. The fraction of sp³-hybridized carbons (Fsp3) is 0.0909. The van der Waals surface area contributed by atoms with Gasteiger partial charge >= 0.3 is 0 Å². The Bertz CT molecular complexity index is 1170. The number of rotatable bonds is 6. The molecule has 7 heteroatoms. The third kappa shape index (κ3) is 4.36. The van der Waals surface area contributed by atoms with Gasteiger partial charge in [-0.15, -0.1) is 11.3 Å². The third-order valence-corrected chi connectivity index (χ3v) is 6.42. The Morgan fingerprint density at radius 1 is 1.03 bits per heavy atom. The molecule has 5 nitrogen and oxygen atoms in total. The van der Waals surface area contributed by atoms with E-state index < -0.39 is 5.25 Å². The molecule has 2 aromatic heterocycles. The van der Waals surface area contributed by atoms with Gasteiger partial charge in [-0.25, -0.2) is 9.97 Å². The molecule has 29 heavy (non-hydrogen) atoms. The number of anilines is 1. The van der Waals surface area contributed by atoms with Crippen molar-refractivity contribution in [1.29, 1.82) is 0 Å². The molecule has 1 atom stereocenters. The maximum absolute atomic E-state index is 13.2. The van der Waals surface area contributed by atoms with E-state index in [9.17, 15) is 9.59 Å². The summed E-state index contributed by atoms with van der Waals surface area (Å²) in [4.78, 5) is 34.4. The second-order valence-corrected chi connectivity index (χ2v) is 8.34. The average molecular weight is 420 g/mol. The van der Waals surface area contributed by atoms with Crippen LogP contribution in [0.1, 0.15) is 28.1 Å². The summed E-state index contributed by atoms with van der Waals surface area (Å²) < 4.78 is 0. The summed E-state index contributed by atoms with van der Waals surface area (Å²) in [5, 5.41) is 6.11. The SMILES string of the molecule is CC(=O)c1cccc(NC(=O)[C@H](Sc2ncnc3sccc23)c2ccccc2)c1. The van der Waals surface area contributed by atoms with Gasteiger partial charge in [-0.05, 0) is 36.1 Å². The molecule has 0 saturated carbocycles. The largest absolute Gasteiger partial charge is 0.325 e. The van der Waals surface area contributed by atoms with Crippen molar-refractivity contribution in [2.45, 2.75) is 17.2 Å². The second kappa shape index (κ2) is 8.55. The lowest BCUT2D eigenvalue weighted by Gasteiger charge is -2.17. The molecule has 1 amide bonds. The number of nitrogens with zero attached hydrogens (tertiary/aromatic N) is 2. The van der Waals surface area contributed by atoms with Crippen LogP contribution in [0.5, 0.6) is 0 Å². The number of amides is 1. The Kier molecular flexibility index (Phi) is 5.69. The first-order valence-corrected chi connectivity index (χ1v) is 10.7. The Morgan fingerprint density at radius 2 is 1.86 bits per heavy atom. The van der Waals surface area contributed by atoms with E-state index in [4.69, 9.17) is 0 Å². The number of nitrogens with one attached hydrogen (secondary N) is 1. The number of carbonyl (C=O) groups is 2. The highest BCUT2D eigenvalue weighted by atomic mass is 32.2. The number of hydrogen-bond acceptors (Lipinski definition) is 6. The minimum Gasteiger partial charge on any atom is -0.325 e. The van der Waals surface area contributed by atoms with Crippen molar-refractivity contribution in [3.63, 3.8) is 0 Å². The van der Waals surface area contributed by atoms with Crippen molar-refractivity contribution in [2.24, 2.45) is 0 Å². The summed E-state index contributed by atoms with van der Waals surface area (Å²) in [5.74, 6) is -0.222. The number of thioether (sulfide) groups is 1. The van der Waals surface area contributed by atoms with E-state index >= 15 is 0 Å². The number of Topliss-reactive ketones (excluding diaryl/α,β-unsaturated/α-hetero) is 1. The van der Waals surface area contributed by atoms with E-state index in [0.717, 1.165) is 20.8 Å². The second-order valence-electron chi connectivity index (χ2n) is 6.35. The van der Waals surface area contributed by atoms with E-state index in [1.54, 1.807) is 35.6 Å². The fourth-order valence-electron chi connectivity index (χ4n) is 2.90. The summed E-state index contributed by atoms with van der Waals surface area (Å²) in [6, 6.07) is 18.5. The predicted molar refractivity (Wildman–Crippen MR) is 118 cm³/mol. The zero-order chi connectivity index (χ0) is 20.2. The van der Waals surface area contributed by atoms with Crippen LogP contribution in [0, 0.1) is 0 Å². The van der Waals surface area contributed by atoms with Crippen LogP contribution in [0.25, 0.3) is 10.2 Å². The number of carbonyl (C=O) groups excluding carboxylic acids is 2. The van der Waals surface area contributed by atoms with Gasteiger partial charge in [-0.3, -0.25) is 9.59 Å². The highest BCUT2D eigenvalue weighted by Crippen LogP contribution is 2.38. The molecule has 1 N–H and O–H groups in total. The molecule has 4 aromatic rings. The third-order valence-electron chi connectivity index (χ3n) is 4.33. The zero-order valence-electron chi connectivity index (χ0n) is 15.5. The lowest BCUT2D eigenvalue weighted by molar-refractivity contribution is -0.115. The normalized spacial score (nSPS) is 11.9. The number of aromatic nitrogens is 2. The average Bonchev–Trinajstić information content (AvgIpc) is 3.22. The lowest BCUT2D eigenvalue weighted by atomic mass is 10.1. The molecule has 2 heterocycles. The first-order chi connectivity index (χ1) is 14.1. The quantitative estimate of drug-likeness (QED) is 0.259. The zero-order valence-corrected chi connectivity index (χ0v) is 17.2. The minimum atomic E-state index is -0.504. The smallest absolute Gasteiger partial charge is 0.242 e. The molecule has 0 radical (unpaired) electrons. The van der Waals surface area contributed by atoms with Crippen LogP contribution < -0.4 is 5.32 Å². The molecule has 144 valence electrons. The van der Waals surface area contributed by atoms with Gasteiger partial charge in [0.1, 0.15) is 21.4 Å².